The second-order valence-corrected chi connectivity index (χ2v) is 5.88. The Morgan fingerprint density at radius 2 is 1.58 bits per heavy atom. The van der Waals surface area contributed by atoms with Gasteiger partial charge in [0.2, 0.25) is 0 Å². The van der Waals surface area contributed by atoms with Gasteiger partial charge in [-0.05, 0) is 23.8 Å². The molecule has 4 nitrogen and oxygen atoms in total. The highest BCUT2D eigenvalue weighted by Crippen LogP contribution is 2.39. The van der Waals surface area contributed by atoms with Gasteiger partial charge < -0.3 is 11.1 Å². The molecule has 3 aromatic carbocycles. The lowest BCUT2D eigenvalue weighted by atomic mass is 9.99. The predicted octanol–water partition coefficient (Wildman–Crippen LogP) is 4.01. The highest BCUT2D eigenvalue weighted by molar-refractivity contribution is 6.25. The number of hydrogen-bond donors (Lipinski definition) is 2. The zero-order valence-corrected chi connectivity index (χ0v) is 13.3. The number of fused-ring (bicyclic) bond motifs is 3. The van der Waals surface area contributed by atoms with Crippen LogP contribution in [0.25, 0.3) is 11.1 Å². The number of anilines is 2. The summed E-state index contributed by atoms with van der Waals surface area (Å²) in [6.07, 6.45) is 0. The van der Waals surface area contributed by atoms with E-state index in [2.05, 4.69) is 5.32 Å². The summed E-state index contributed by atoms with van der Waals surface area (Å²) < 4.78 is 27.4. The molecule has 0 spiro atoms. The molecule has 0 saturated heterocycles. The zero-order chi connectivity index (χ0) is 18.4. The van der Waals surface area contributed by atoms with Gasteiger partial charge in [0, 0.05) is 22.3 Å². The fourth-order valence-corrected chi connectivity index (χ4v) is 3.14. The van der Waals surface area contributed by atoms with Crippen LogP contribution in [-0.2, 0) is 0 Å². The molecule has 4 rings (SSSR count). The van der Waals surface area contributed by atoms with Crippen LogP contribution in [-0.4, -0.2) is 11.7 Å². The molecule has 26 heavy (non-hydrogen) atoms. The number of hydrogen-bond acceptors (Lipinski definition) is 3. The van der Waals surface area contributed by atoms with Gasteiger partial charge in [0.05, 0.1) is 5.69 Å². The van der Waals surface area contributed by atoms with Crippen LogP contribution in [0.5, 0.6) is 0 Å². The third kappa shape index (κ3) is 2.27. The molecule has 3 N–H and O–H groups in total. The van der Waals surface area contributed by atoms with Crippen molar-refractivity contribution in [2.45, 2.75) is 0 Å². The van der Waals surface area contributed by atoms with Gasteiger partial charge >= 0.3 is 0 Å². The maximum absolute atomic E-state index is 14.0. The van der Waals surface area contributed by atoms with Crippen molar-refractivity contribution < 1.29 is 18.4 Å². The lowest BCUT2D eigenvalue weighted by Crippen LogP contribution is -2.16. The van der Waals surface area contributed by atoms with E-state index >= 15 is 0 Å². The van der Waals surface area contributed by atoms with E-state index in [1.54, 1.807) is 36.4 Å². The first-order valence-electron chi connectivity index (χ1n) is 7.81. The van der Waals surface area contributed by atoms with Crippen LogP contribution in [0, 0.1) is 11.6 Å². The summed E-state index contributed by atoms with van der Waals surface area (Å²) in [7, 11) is 0. The van der Waals surface area contributed by atoms with Crippen LogP contribution in [0.1, 0.15) is 26.3 Å². The van der Waals surface area contributed by atoms with E-state index in [0.717, 1.165) is 6.07 Å². The van der Waals surface area contributed by atoms with Crippen LogP contribution in [0.15, 0.2) is 54.6 Å². The fraction of sp³-hybridized carbons (Fsp3) is 0. The minimum atomic E-state index is -1.23. The Kier molecular flexibility index (Phi) is 3.54. The number of rotatable bonds is 2. The number of nitrogen functional groups attached to an aromatic ring is 1. The van der Waals surface area contributed by atoms with Crippen molar-refractivity contribution in [2.75, 3.05) is 11.1 Å². The third-order valence-electron chi connectivity index (χ3n) is 4.36. The molecule has 0 unspecified atom stereocenters. The van der Waals surface area contributed by atoms with Gasteiger partial charge in [-0.25, -0.2) is 8.78 Å². The fourth-order valence-electron chi connectivity index (χ4n) is 3.14. The number of halogens is 2. The van der Waals surface area contributed by atoms with Crippen molar-refractivity contribution in [2.24, 2.45) is 0 Å². The molecule has 128 valence electrons. The van der Waals surface area contributed by atoms with Gasteiger partial charge in [-0.2, -0.15) is 0 Å². The molecule has 0 aliphatic heterocycles. The smallest absolute Gasteiger partial charge is 0.256 e. The number of nitrogens with two attached hydrogens (primary N) is 1. The molecule has 0 heterocycles. The minimum absolute atomic E-state index is 0.0960. The number of benzene rings is 3. The Bertz CT molecular complexity index is 1090. The largest absolute Gasteiger partial charge is 0.397 e. The van der Waals surface area contributed by atoms with Gasteiger partial charge in [-0.3, -0.25) is 9.59 Å². The maximum Gasteiger partial charge on any atom is 0.256 e. The van der Waals surface area contributed by atoms with E-state index < -0.39 is 23.2 Å². The van der Waals surface area contributed by atoms with Gasteiger partial charge in [-0.15, -0.1) is 0 Å². The van der Waals surface area contributed by atoms with Crippen LogP contribution in [0.4, 0.5) is 20.2 Å². The van der Waals surface area contributed by atoms with Crippen molar-refractivity contribution in [1.82, 2.24) is 0 Å². The van der Waals surface area contributed by atoms with Crippen molar-refractivity contribution in [3.8, 4) is 11.1 Å². The molecule has 3 aromatic rings. The Balaban J connectivity index is 1.82. The van der Waals surface area contributed by atoms with E-state index in [1.807, 2.05) is 0 Å². The molecule has 1 aliphatic rings. The highest BCUT2D eigenvalue weighted by Gasteiger charge is 2.30. The Morgan fingerprint density at radius 1 is 0.885 bits per heavy atom. The van der Waals surface area contributed by atoms with Crippen molar-refractivity contribution in [1.29, 1.82) is 0 Å². The number of ketones is 1. The number of amides is 1. The average molecular weight is 350 g/mol. The molecule has 0 atom stereocenters. The molecular formula is C20H12F2N2O2. The van der Waals surface area contributed by atoms with Crippen molar-refractivity contribution >= 4 is 23.1 Å². The normalized spacial score (nSPS) is 11.8. The Morgan fingerprint density at radius 3 is 2.35 bits per heavy atom. The Hall–Kier alpha value is -3.54. The van der Waals surface area contributed by atoms with Gasteiger partial charge in [0.15, 0.2) is 17.4 Å². The lowest BCUT2D eigenvalue weighted by Gasteiger charge is -2.12. The standard InChI is InChI=1S/C20H12F2N2O2/c21-14-8-9-15(23)18(17(14)22)24-20(26)13-7-3-6-12-16(13)10-4-1-2-5-11(10)19(12)25/h1-9H,23H2,(H,24,26). The third-order valence-corrected chi connectivity index (χ3v) is 4.36. The van der Waals surface area contributed by atoms with Crippen molar-refractivity contribution in [3.63, 3.8) is 0 Å². The number of carbonyl (C=O) groups is 2. The summed E-state index contributed by atoms with van der Waals surface area (Å²) in [4.78, 5) is 25.3. The molecule has 0 radical (unpaired) electrons. The summed E-state index contributed by atoms with van der Waals surface area (Å²) in [5.74, 6) is -3.21. The first-order chi connectivity index (χ1) is 12.5. The van der Waals surface area contributed by atoms with Crippen LogP contribution in [0.2, 0.25) is 0 Å². The first kappa shape index (κ1) is 16.0. The van der Waals surface area contributed by atoms with Gasteiger partial charge in [-0.1, -0.05) is 36.4 Å². The monoisotopic (exact) mass is 350 g/mol. The molecule has 0 fully saturated rings. The summed E-state index contributed by atoms with van der Waals surface area (Å²) >= 11 is 0. The second-order valence-electron chi connectivity index (χ2n) is 5.88. The quantitative estimate of drug-likeness (QED) is 0.537. The number of nitrogens with one attached hydrogen (secondary N) is 1. The first-order valence-corrected chi connectivity index (χ1v) is 7.81. The van der Waals surface area contributed by atoms with E-state index in [1.165, 1.54) is 12.1 Å². The van der Waals surface area contributed by atoms with Crippen LogP contribution >= 0.6 is 0 Å². The SMILES string of the molecule is Nc1ccc(F)c(F)c1NC(=O)c1cccc2c1-c1ccccc1C2=O. The molecule has 1 amide bonds. The van der Waals surface area contributed by atoms with Gasteiger partial charge in [0.25, 0.3) is 5.91 Å². The number of carbonyl (C=O) groups excluding carboxylic acids is 2. The van der Waals surface area contributed by atoms with Crippen molar-refractivity contribution in [3.05, 3.63) is 82.9 Å². The average Bonchev–Trinajstić information content (AvgIpc) is 2.95. The molecule has 0 saturated carbocycles. The van der Waals surface area contributed by atoms with Crippen LogP contribution in [0.3, 0.4) is 0 Å². The van der Waals surface area contributed by atoms with E-state index in [9.17, 15) is 18.4 Å². The summed E-state index contributed by atoms with van der Waals surface area (Å²) in [5, 5.41) is 2.32. The molecule has 0 bridgehead atoms. The summed E-state index contributed by atoms with van der Waals surface area (Å²) in [6, 6.07) is 13.7. The minimum Gasteiger partial charge on any atom is -0.397 e. The topological polar surface area (TPSA) is 72.2 Å². The second kappa shape index (κ2) is 5.77. The molecule has 6 heteroatoms. The molecule has 0 aromatic heterocycles. The maximum atomic E-state index is 14.0. The molecule has 1 aliphatic carbocycles. The van der Waals surface area contributed by atoms with E-state index in [0.29, 0.717) is 22.3 Å². The summed E-state index contributed by atoms with van der Waals surface area (Å²) in [5.41, 5.74) is 7.31. The lowest BCUT2D eigenvalue weighted by molar-refractivity contribution is 0.102. The highest BCUT2D eigenvalue weighted by atomic mass is 19.2. The van der Waals surface area contributed by atoms with Crippen LogP contribution < -0.4 is 11.1 Å². The Labute approximate surface area is 147 Å². The van der Waals surface area contributed by atoms with E-state index in [-0.39, 0.29) is 17.0 Å². The zero-order valence-electron chi connectivity index (χ0n) is 13.3. The van der Waals surface area contributed by atoms with E-state index in [4.69, 9.17) is 5.73 Å². The van der Waals surface area contributed by atoms with Gasteiger partial charge in [0.1, 0.15) is 5.69 Å². The predicted molar refractivity (Wildman–Crippen MR) is 94.0 cm³/mol. The molecular weight excluding hydrogens is 338 g/mol. The summed E-state index contributed by atoms with van der Waals surface area (Å²) in [6.45, 7) is 0.